The van der Waals surface area contributed by atoms with Gasteiger partial charge in [-0.05, 0) is 40.9 Å². The van der Waals surface area contributed by atoms with E-state index in [-0.39, 0.29) is 23.6 Å². The maximum Gasteiger partial charge on any atom is 0.273 e. The first-order valence-corrected chi connectivity index (χ1v) is 8.92. The Hall–Kier alpha value is -2.26. The molecular weight excluding hydrogens is 386 g/mol. The van der Waals surface area contributed by atoms with Gasteiger partial charge in [0, 0.05) is 16.6 Å². The molecule has 0 saturated heterocycles. The van der Waals surface area contributed by atoms with Gasteiger partial charge < -0.3 is 22.1 Å². The lowest BCUT2D eigenvalue weighted by Gasteiger charge is -2.29. The highest BCUT2D eigenvalue weighted by Gasteiger charge is 2.23. The minimum absolute atomic E-state index is 0.0192. The number of para-hydroxylation sites is 1. The standard InChI is InChI=1S/C16H20BrN7O/c17-9-5-1-3-7-11(9)20-15-13(14(19)25)23-24-16(22-15)21-12-8-4-2-6-10(12)18/h1,3,5,7,10,12H,2,4,6,8,18H2,(H2,19,25)(H2,20,21,22,24). The largest absolute Gasteiger partial charge is 0.364 e. The molecule has 0 bridgehead atoms. The van der Waals surface area contributed by atoms with E-state index in [0.29, 0.717) is 5.95 Å². The molecule has 0 spiro atoms. The molecule has 1 aromatic heterocycles. The molecule has 6 N–H and O–H groups in total. The minimum atomic E-state index is -0.699. The summed E-state index contributed by atoms with van der Waals surface area (Å²) in [5.74, 6) is -0.126. The summed E-state index contributed by atoms with van der Waals surface area (Å²) in [4.78, 5) is 16.0. The number of anilines is 3. The van der Waals surface area contributed by atoms with Gasteiger partial charge in [-0.25, -0.2) is 0 Å². The van der Waals surface area contributed by atoms with E-state index in [0.717, 1.165) is 35.8 Å². The van der Waals surface area contributed by atoms with Gasteiger partial charge in [-0.1, -0.05) is 25.0 Å². The first-order valence-electron chi connectivity index (χ1n) is 8.13. The number of nitrogens with one attached hydrogen (secondary N) is 2. The summed E-state index contributed by atoms with van der Waals surface area (Å²) in [6, 6.07) is 7.62. The van der Waals surface area contributed by atoms with E-state index < -0.39 is 5.91 Å². The highest BCUT2D eigenvalue weighted by atomic mass is 79.9. The van der Waals surface area contributed by atoms with Crippen molar-refractivity contribution in [3.05, 3.63) is 34.4 Å². The number of nitrogens with two attached hydrogens (primary N) is 2. The number of rotatable bonds is 5. The van der Waals surface area contributed by atoms with Gasteiger partial charge in [-0.3, -0.25) is 4.79 Å². The van der Waals surface area contributed by atoms with Crippen LogP contribution in [-0.2, 0) is 0 Å². The van der Waals surface area contributed by atoms with E-state index >= 15 is 0 Å². The van der Waals surface area contributed by atoms with Crippen LogP contribution in [0.5, 0.6) is 0 Å². The topological polar surface area (TPSA) is 132 Å². The molecular formula is C16H20BrN7O. The normalized spacial score (nSPS) is 20.1. The summed E-state index contributed by atoms with van der Waals surface area (Å²) >= 11 is 3.45. The van der Waals surface area contributed by atoms with E-state index in [1.54, 1.807) is 0 Å². The Morgan fingerprint density at radius 2 is 1.96 bits per heavy atom. The molecule has 1 fully saturated rings. The average Bonchev–Trinajstić information content (AvgIpc) is 2.59. The molecule has 132 valence electrons. The van der Waals surface area contributed by atoms with Crippen molar-refractivity contribution in [2.24, 2.45) is 11.5 Å². The zero-order valence-electron chi connectivity index (χ0n) is 13.6. The second kappa shape index (κ2) is 7.75. The molecule has 1 saturated carbocycles. The molecule has 2 aromatic rings. The number of primary amides is 1. The van der Waals surface area contributed by atoms with Gasteiger partial charge >= 0.3 is 0 Å². The Kier molecular flexibility index (Phi) is 5.44. The fourth-order valence-electron chi connectivity index (χ4n) is 2.83. The average molecular weight is 406 g/mol. The number of nitrogens with zero attached hydrogens (tertiary/aromatic N) is 3. The highest BCUT2D eigenvalue weighted by Crippen LogP contribution is 2.26. The number of carbonyl (C=O) groups is 1. The van der Waals surface area contributed by atoms with Crippen molar-refractivity contribution >= 4 is 39.3 Å². The molecule has 25 heavy (non-hydrogen) atoms. The molecule has 1 aliphatic carbocycles. The van der Waals surface area contributed by atoms with Gasteiger partial charge in [0.1, 0.15) is 0 Å². The fraction of sp³-hybridized carbons (Fsp3) is 0.375. The van der Waals surface area contributed by atoms with Gasteiger partial charge in [0.15, 0.2) is 11.5 Å². The Balaban J connectivity index is 1.87. The second-order valence-corrected chi connectivity index (χ2v) is 6.86. The van der Waals surface area contributed by atoms with Crippen molar-refractivity contribution < 1.29 is 4.79 Å². The third kappa shape index (κ3) is 4.23. The highest BCUT2D eigenvalue weighted by molar-refractivity contribution is 9.10. The zero-order chi connectivity index (χ0) is 17.8. The van der Waals surface area contributed by atoms with Crippen molar-refractivity contribution in [3.63, 3.8) is 0 Å². The molecule has 0 aliphatic heterocycles. The molecule has 3 rings (SSSR count). The summed E-state index contributed by atoms with van der Waals surface area (Å²) in [7, 11) is 0. The van der Waals surface area contributed by atoms with Crippen molar-refractivity contribution in [2.45, 2.75) is 37.8 Å². The van der Waals surface area contributed by atoms with E-state index in [4.69, 9.17) is 11.5 Å². The number of aromatic nitrogens is 3. The SMILES string of the molecule is NC(=O)c1nnc(NC2CCCCC2N)nc1Nc1ccccc1Br. The van der Waals surface area contributed by atoms with Crippen molar-refractivity contribution in [1.82, 2.24) is 15.2 Å². The van der Waals surface area contributed by atoms with Crippen LogP contribution in [0.1, 0.15) is 36.2 Å². The number of hydrogen-bond acceptors (Lipinski definition) is 7. The Morgan fingerprint density at radius 3 is 2.68 bits per heavy atom. The van der Waals surface area contributed by atoms with E-state index in [9.17, 15) is 4.79 Å². The van der Waals surface area contributed by atoms with Gasteiger partial charge in [0.25, 0.3) is 5.91 Å². The molecule has 1 aromatic carbocycles. The Labute approximate surface area is 153 Å². The third-order valence-corrected chi connectivity index (χ3v) is 4.87. The molecule has 1 aliphatic rings. The summed E-state index contributed by atoms with van der Waals surface area (Å²) < 4.78 is 0.827. The van der Waals surface area contributed by atoms with E-state index in [2.05, 4.69) is 41.7 Å². The first kappa shape index (κ1) is 17.6. The monoisotopic (exact) mass is 405 g/mol. The number of hydrogen-bond donors (Lipinski definition) is 4. The van der Waals surface area contributed by atoms with Crippen LogP contribution in [0, 0.1) is 0 Å². The smallest absolute Gasteiger partial charge is 0.273 e. The molecule has 1 amide bonds. The number of halogens is 1. The van der Waals surface area contributed by atoms with Crippen LogP contribution in [-0.4, -0.2) is 33.2 Å². The number of benzene rings is 1. The molecule has 2 unspecified atom stereocenters. The quantitative estimate of drug-likeness (QED) is 0.598. The third-order valence-electron chi connectivity index (χ3n) is 4.18. The lowest BCUT2D eigenvalue weighted by atomic mass is 9.91. The second-order valence-electron chi connectivity index (χ2n) is 6.00. The van der Waals surface area contributed by atoms with Crippen molar-refractivity contribution in [1.29, 1.82) is 0 Å². The minimum Gasteiger partial charge on any atom is -0.364 e. The van der Waals surface area contributed by atoms with E-state index in [1.807, 2.05) is 24.3 Å². The lowest BCUT2D eigenvalue weighted by Crippen LogP contribution is -2.43. The van der Waals surface area contributed by atoms with Crippen LogP contribution in [0.15, 0.2) is 28.7 Å². The summed E-state index contributed by atoms with van der Waals surface area (Å²) in [6.07, 6.45) is 4.16. The predicted octanol–water partition coefficient (Wildman–Crippen LogP) is 2.16. The van der Waals surface area contributed by atoms with Crippen LogP contribution >= 0.6 is 15.9 Å². The summed E-state index contributed by atoms with van der Waals surface area (Å²) in [5, 5.41) is 14.2. The first-order chi connectivity index (χ1) is 12.0. The summed E-state index contributed by atoms with van der Waals surface area (Å²) in [6.45, 7) is 0. The molecule has 1 heterocycles. The van der Waals surface area contributed by atoms with Crippen LogP contribution in [0.3, 0.4) is 0 Å². The van der Waals surface area contributed by atoms with Gasteiger partial charge in [0.2, 0.25) is 5.95 Å². The van der Waals surface area contributed by atoms with Gasteiger partial charge in [0.05, 0.1) is 5.69 Å². The Bertz CT molecular complexity index is 770. The van der Waals surface area contributed by atoms with Crippen LogP contribution in [0.4, 0.5) is 17.5 Å². The maximum atomic E-state index is 11.6. The molecule has 9 heteroatoms. The molecule has 8 nitrogen and oxygen atoms in total. The van der Waals surface area contributed by atoms with Gasteiger partial charge in [-0.15, -0.1) is 10.2 Å². The van der Waals surface area contributed by atoms with Gasteiger partial charge in [-0.2, -0.15) is 4.98 Å². The molecule has 0 radical (unpaired) electrons. The lowest BCUT2D eigenvalue weighted by molar-refractivity contribution is 0.0995. The molecule has 2 atom stereocenters. The Morgan fingerprint density at radius 1 is 1.20 bits per heavy atom. The van der Waals surface area contributed by atoms with Crippen LogP contribution < -0.4 is 22.1 Å². The van der Waals surface area contributed by atoms with Crippen LogP contribution in [0.2, 0.25) is 0 Å². The van der Waals surface area contributed by atoms with Crippen LogP contribution in [0.25, 0.3) is 0 Å². The maximum absolute atomic E-state index is 11.6. The van der Waals surface area contributed by atoms with Crippen molar-refractivity contribution in [2.75, 3.05) is 10.6 Å². The fourth-order valence-corrected chi connectivity index (χ4v) is 3.22. The van der Waals surface area contributed by atoms with Crippen molar-refractivity contribution in [3.8, 4) is 0 Å². The summed E-state index contributed by atoms with van der Waals surface area (Å²) in [5.41, 5.74) is 12.3. The van der Waals surface area contributed by atoms with E-state index in [1.165, 1.54) is 0 Å². The number of carbonyl (C=O) groups excluding carboxylic acids is 1. The zero-order valence-corrected chi connectivity index (χ0v) is 15.2. The predicted molar refractivity (Wildman–Crippen MR) is 99.6 cm³/mol. The number of amides is 1.